The molecular weight excluding hydrogens is 456 g/mol. The van der Waals surface area contributed by atoms with E-state index in [1.165, 1.54) is 16.1 Å². The number of nitrogens with zero attached hydrogens (tertiary/aromatic N) is 4. The molecule has 0 saturated carbocycles. The number of fused-ring (bicyclic) bond motifs is 1. The summed E-state index contributed by atoms with van der Waals surface area (Å²) in [7, 11) is -3.52. The average molecular weight is 485 g/mol. The van der Waals surface area contributed by atoms with Gasteiger partial charge in [0.1, 0.15) is 0 Å². The van der Waals surface area contributed by atoms with Crippen molar-refractivity contribution >= 4 is 33.4 Å². The first-order valence-corrected chi connectivity index (χ1v) is 13.4. The molecule has 9 heteroatoms. The van der Waals surface area contributed by atoms with E-state index >= 15 is 0 Å². The molecular formula is C24H28N4O3S2. The maximum absolute atomic E-state index is 13.0. The highest BCUT2D eigenvalue weighted by molar-refractivity contribution is 7.99. The fraction of sp³-hybridized carbons (Fsp3) is 0.333. The standard InChI is InChI=1S/C24H28N4O3S2/c1-4-26(5-2)33(30,31)20-10-11-22-19(16-20)12-14-27(22)23(29)17-32-24-25-13-15-28(24)21-9-7-6-8-18(21)3/h6-11,13,15-16H,4-5,12,14,17H2,1-3H3. The number of imidazole rings is 1. The molecule has 1 aromatic heterocycles. The molecule has 174 valence electrons. The molecule has 0 atom stereocenters. The highest BCUT2D eigenvalue weighted by atomic mass is 32.2. The second-order valence-electron chi connectivity index (χ2n) is 7.83. The van der Waals surface area contributed by atoms with Gasteiger partial charge < -0.3 is 4.90 Å². The maximum Gasteiger partial charge on any atom is 0.243 e. The Morgan fingerprint density at radius 3 is 2.61 bits per heavy atom. The van der Waals surface area contributed by atoms with Gasteiger partial charge in [-0.2, -0.15) is 4.31 Å². The molecule has 3 aromatic rings. The van der Waals surface area contributed by atoms with Crippen molar-refractivity contribution in [3.8, 4) is 5.69 Å². The Labute approximate surface area is 199 Å². The molecule has 0 bridgehead atoms. The molecule has 1 amide bonds. The van der Waals surface area contributed by atoms with E-state index in [0.29, 0.717) is 26.1 Å². The number of carbonyl (C=O) groups is 1. The Bertz CT molecular complexity index is 1270. The highest BCUT2D eigenvalue weighted by Gasteiger charge is 2.28. The number of amides is 1. The van der Waals surface area contributed by atoms with Crippen LogP contribution in [-0.2, 0) is 21.2 Å². The van der Waals surface area contributed by atoms with Crippen molar-refractivity contribution in [3.63, 3.8) is 0 Å². The van der Waals surface area contributed by atoms with E-state index in [0.717, 1.165) is 27.7 Å². The minimum atomic E-state index is -3.52. The summed E-state index contributed by atoms with van der Waals surface area (Å²) < 4.78 is 29.1. The van der Waals surface area contributed by atoms with Crippen LogP contribution in [0.15, 0.2) is 64.9 Å². The summed E-state index contributed by atoms with van der Waals surface area (Å²) in [6, 6.07) is 13.1. The topological polar surface area (TPSA) is 75.5 Å². The molecule has 1 aliphatic heterocycles. The number of sulfonamides is 1. The predicted molar refractivity (Wildman–Crippen MR) is 132 cm³/mol. The van der Waals surface area contributed by atoms with Gasteiger partial charge in [-0.1, -0.05) is 43.8 Å². The Balaban J connectivity index is 1.49. The number of hydrogen-bond acceptors (Lipinski definition) is 5. The zero-order valence-electron chi connectivity index (χ0n) is 19.1. The summed E-state index contributed by atoms with van der Waals surface area (Å²) in [6.07, 6.45) is 4.28. The molecule has 0 radical (unpaired) electrons. The Hall–Kier alpha value is -2.62. The van der Waals surface area contributed by atoms with Gasteiger partial charge in [0.05, 0.1) is 16.3 Å². The van der Waals surface area contributed by atoms with Gasteiger partial charge in [0, 0.05) is 37.7 Å². The predicted octanol–water partition coefficient (Wildman–Crippen LogP) is 3.89. The molecule has 0 saturated heterocycles. The van der Waals surface area contributed by atoms with E-state index in [-0.39, 0.29) is 16.6 Å². The summed E-state index contributed by atoms with van der Waals surface area (Å²) in [5.74, 6) is 0.236. The minimum absolute atomic E-state index is 0.0163. The molecule has 0 aliphatic carbocycles. The van der Waals surface area contributed by atoms with Crippen molar-refractivity contribution in [1.82, 2.24) is 13.9 Å². The molecule has 1 aliphatic rings. The number of aryl methyl sites for hydroxylation is 1. The minimum Gasteiger partial charge on any atom is -0.311 e. The monoisotopic (exact) mass is 484 g/mol. The number of benzene rings is 2. The van der Waals surface area contributed by atoms with Crippen LogP contribution in [0.3, 0.4) is 0 Å². The van der Waals surface area contributed by atoms with Crippen molar-refractivity contribution < 1.29 is 13.2 Å². The lowest BCUT2D eigenvalue weighted by Gasteiger charge is -2.20. The Morgan fingerprint density at radius 1 is 1.12 bits per heavy atom. The van der Waals surface area contributed by atoms with E-state index in [4.69, 9.17) is 0 Å². The first-order chi connectivity index (χ1) is 15.9. The molecule has 7 nitrogen and oxygen atoms in total. The molecule has 2 aromatic carbocycles. The second kappa shape index (κ2) is 9.70. The summed E-state index contributed by atoms with van der Waals surface area (Å²) in [5.41, 5.74) is 3.86. The second-order valence-corrected chi connectivity index (χ2v) is 10.7. The number of thioether (sulfide) groups is 1. The normalized spacial score (nSPS) is 13.5. The van der Waals surface area contributed by atoms with E-state index in [1.807, 2.05) is 55.8 Å². The van der Waals surface area contributed by atoms with Crippen LogP contribution in [0.5, 0.6) is 0 Å². The van der Waals surface area contributed by atoms with Crippen molar-refractivity contribution in [2.24, 2.45) is 0 Å². The van der Waals surface area contributed by atoms with Crippen LogP contribution in [0.4, 0.5) is 5.69 Å². The maximum atomic E-state index is 13.0. The lowest BCUT2D eigenvalue weighted by Crippen LogP contribution is -2.31. The van der Waals surface area contributed by atoms with Crippen LogP contribution in [0.25, 0.3) is 5.69 Å². The molecule has 0 N–H and O–H groups in total. The number of carbonyl (C=O) groups excluding carboxylic acids is 1. The van der Waals surface area contributed by atoms with Gasteiger partial charge in [-0.3, -0.25) is 9.36 Å². The van der Waals surface area contributed by atoms with Gasteiger partial charge in [-0.25, -0.2) is 13.4 Å². The average Bonchev–Trinajstić information content (AvgIpc) is 3.45. The van der Waals surface area contributed by atoms with Crippen molar-refractivity contribution in [3.05, 3.63) is 66.0 Å². The van der Waals surface area contributed by atoms with E-state index < -0.39 is 10.0 Å². The van der Waals surface area contributed by atoms with Gasteiger partial charge in [-0.05, 0) is 48.7 Å². The third-order valence-corrected chi connectivity index (χ3v) is 8.89. The van der Waals surface area contributed by atoms with Crippen LogP contribution in [0.1, 0.15) is 25.0 Å². The van der Waals surface area contributed by atoms with E-state index in [1.54, 1.807) is 29.3 Å². The quantitative estimate of drug-likeness (QED) is 0.454. The van der Waals surface area contributed by atoms with Gasteiger partial charge in [0.2, 0.25) is 15.9 Å². The molecule has 2 heterocycles. The lowest BCUT2D eigenvalue weighted by molar-refractivity contribution is -0.116. The van der Waals surface area contributed by atoms with Gasteiger partial charge >= 0.3 is 0 Å². The largest absolute Gasteiger partial charge is 0.311 e. The van der Waals surface area contributed by atoms with Crippen LogP contribution >= 0.6 is 11.8 Å². The van der Waals surface area contributed by atoms with Crippen molar-refractivity contribution in [1.29, 1.82) is 0 Å². The SMILES string of the molecule is CCN(CC)S(=O)(=O)c1ccc2c(c1)CCN2C(=O)CSc1nccn1-c1ccccc1C. The molecule has 0 unspecified atom stereocenters. The molecule has 33 heavy (non-hydrogen) atoms. The summed E-state index contributed by atoms with van der Waals surface area (Å²) in [5, 5.41) is 0.762. The van der Waals surface area contributed by atoms with Crippen LogP contribution in [0.2, 0.25) is 0 Å². The number of para-hydroxylation sites is 1. The number of rotatable bonds is 8. The highest BCUT2D eigenvalue weighted by Crippen LogP contribution is 2.32. The molecule has 4 rings (SSSR count). The molecule has 0 fully saturated rings. The van der Waals surface area contributed by atoms with Crippen molar-refractivity contribution in [2.75, 3.05) is 30.3 Å². The van der Waals surface area contributed by atoms with Gasteiger partial charge in [0.25, 0.3) is 0 Å². The Morgan fingerprint density at radius 2 is 1.88 bits per heavy atom. The smallest absolute Gasteiger partial charge is 0.243 e. The first kappa shape index (κ1) is 23.5. The van der Waals surface area contributed by atoms with Crippen LogP contribution < -0.4 is 4.90 Å². The fourth-order valence-corrected chi connectivity index (χ4v) is 6.48. The first-order valence-electron chi connectivity index (χ1n) is 11.0. The lowest BCUT2D eigenvalue weighted by atomic mass is 10.2. The third-order valence-electron chi connectivity index (χ3n) is 5.90. The number of hydrogen-bond donors (Lipinski definition) is 0. The summed E-state index contributed by atoms with van der Waals surface area (Å²) in [6.45, 7) is 7.11. The van der Waals surface area contributed by atoms with Gasteiger partial charge in [-0.15, -0.1) is 0 Å². The van der Waals surface area contributed by atoms with Crippen LogP contribution in [0, 0.1) is 6.92 Å². The summed E-state index contributed by atoms with van der Waals surface area (Å²) >= 11 is 1.40. The Kier molecular flexibility index (Phi) is 6.92. The number of aromatic nitrogens is 2. The fourth-order valence-electron chi connectivity index (χ4n) is 4.13. The zero-order valence-corrected chi connectivity index (χ0v) is 20.7. The third kappa shape index (κ3) is 4.58. The zero-order chi connectivity index (χ0) is 23.6. The van der Waals surface area contributed by atoms with Gasteiger partial charge in [0.15, 0.2) is 5.16 Å². The number of anilines is 1. The van der Waals surface area contributed by atoms with E-state index in [2.05, 4.69) is 4.98 Å². The molecule has 0 spiro atoms. The van der Waals surface area contributed by atoms with Crippen molar-refractivity contribution in [2.45, 2.75) is 37.2 Å². The van der Waals surface area contributed by atoms with Crippen LogP contribution in [-0.4, -0.2) is 53.6 Å². The summed E-state index contributed by atoms with van der Waals surface area (Å²) in [4.78, 5) is 19.5. The van der Waals surface area contributed by atoms with E-state index in [9.17, 15) is 13.2 Å².